The molecular weight excluding hydrogens is 564 g/mol. The third-order valence-electron chi connectivity index (χ3n) is 3.40. The van der Waals surface area contributed by atoms with Gasteiger partial charge in [-0.25, -0.2) is 4.57 Å². The number of alkyl halides is 7. The molecule has 0 amide bonds. The molecule has 0 aromatic heterocycles. The molecule has 23 heavy (non-hydrogen) atoms. The summed E-state index contributed by atoms with van der Waals surface area (Å²) in [4.78, 5) is 17.0. The van der Waals surface area contributed by atoms with Gasteiger partial charge in [0.2, 0.25) is 0 Å². The third kappa shape index (κ3) is 8.38. The zero-order chi connectivity index (χ0) is 18.3. The van der Waals surface area contributed by atoms with Crippen LogP contribution in [0.25, 0.3) is 0 Å². The lowest BCUT2D eigenvalue weighted by molar-refractivity contribution is 0.0981. The van der Waals surface area contributed by atoms with Gasteiger partial charge >= 0.3 is 7.82 Å². The average molecular weight is 582 g/mol. The summed E-state index contributed by atoms with van der Waals surface area (Å²) in [6.07, 6.45) is 0.531. The van der Waals surface area contributed by atoms with Gasteiger partial charge in [-0.1, -0.05) is 31.9 Å². The lowest BCUT2D eigenvalue weighted by Gasteiger charge is -2.46. The first-order valence-corrected chi connectivity index (χ1v) is 12.5. The highest BCUT2D eigenvalue weighted by atomic mass is 79.9. The van der Waals surface area contributed by atoms with Gasteiger partial charge in [0.15, 0.2) is 0 Å². The van der Waals surface area contributed by atoms with Crippen LogP contribution in [0.4, 0.5) is 0 Å². The molecule has 0 rings (SSSR count). The third-order valence-corrected chi connectivity index (χ3v) is 8.40. The van der Waals surface area contributed by atoms with Crippen molar-refractivity contribution in [2.24, 2.45) is 5.41 Å². The molecule has 0 bridgehead atoms. The Morgan fingerprint density at radius 3 is 1.70 bits per heavy atom. The van der Waals surface area contributed by atoms with Crippen LogP contribution in [0, 0.1) is 5.41 Å². The summed E-state index contributed by atoms with van der Waals surface area (Å²) in [5.74, 6) is 0.341. The van der Waals surface area contributed by atoms with Crippen LogP contribution in [0.15, 0.2) is 0 Å². The summed E-state index contributed by atoms with van der Waals surface area (Å²) >= 11 is 37.5. The van der Waals surface area contributed by atoms with Crippen LogP contribution in [0.3, 0.4) is 0 Å². The Hall–Kier alpha value is 2.52. The van der Waals surface area contributed by atoms with Gasteiger partial charge in [-0.3, -0.25) is 4.52 Å². The molecule has 0 saturated carbocycles. The Bertz CT molecular complexity index is 385. The molecule has 4 nitrogen and oxygen atoms in total. The topological polar surface area (TPSA) is 66.8 Å². The first kappa shape index (κ1) is 25.5. The van der Waals surface area contributed by atoms with E-state index in [0.717, 1.165) is 0 Å². The van der Waals surface area contributed by atoms with Crippen molar-refractivity contribution in [3.05, 3.63) is 0 Å². The molecule has 2 N–H and O–H groups in total. The Morgan fingerprint density at radius 1 is 1.04 bits per heavy atom. The van der Waals surface area contributed by atoms with E-state index < -0.39 is 28.9 Å². The maximum absolute atomic E-state index is 11.1. The van der Waals surface area contributed by atoms with Gasteiger partial charge in [-0.2, -0.15) is 0 Å². The van der Waals surface area contributed by atoms with Crippen molar-refractivity contribution in [1.82, 2.24) is 0 Å². The molecule has 2 unspecified atom stereocenters. The summed E-state index contributed by atoms with van der Waals surface area (Å²) in [7, 11) is -4.66. The van der Waals surface area contributed by atoms with Crippen LogP contribution in [0.5, 0.6) is 0 Å². The van der Waals surface area contributed by atoms with Gasteiger partial charge in [-0.15, -0.1) is 58.0 Å². The second kappa shape index (κ2) is 11.4. The fourth-order valence-electron chi connectivity index (χ4n) is 2.02. The minimum Gasteiger partial charge on any atom is -0.303 e. The van der Waals surface area contributed by atoms with Crippen molar-refractivity contribution in [1.29, 1.82) is 0 Å². The molecule has 140 valence electrons. The Balaban J connectivity index is 5.65. The Morgan fingerprint density at radius 2 is 1.43 bits per heavy atom. The summed E-state index contributed by atoms with van der Waals surface area (Å²) in [5.41, 5.74) is -0.895. The molecular formula is C11H18Br2Cl5O4P. The van der Waals surface area contributed by atoms with Crippen LogP contribution in [-0.4, -0.2) is 54.4 Å². The molecule has 0 spiro atoms. The van der Waals surface area contributed by atoms with E-state index in [9.17, 15) is 4.57 Å². The standard InChI is InChI=1S/C11H18Br2Cl5O4P/c12-5-10(6-13,7-22-23(19,20)21)11(18,1-8(16)3-14)2-9(17)4-15/h8-9H,1-7H2,(H2,19,20,21). The minimum atomic E-state index is -4.66. The molecule has 0 aromatic carbocycles. The van der Waals surface area contributed by atoms with Crippen LogP contribution in [-0.2, 0) is 9.09 Å². The number of hydrogen-bond acceptors (Lipinski definition) is 2. The van der Waals surface area contributed by atoms with Crippen molar-refractivity contribution in [3.8, 4) is 0 Å². The molecule has 0 fully saturated rings. The van der Waals surface area contributed by atoms with Gasteiger partial charge < -0.3 is 9.79 Å². The van der Waals surface area contributed by atoms with E-state index in [0.29, 0.717) is 10.7 Å². The van der Waals surface area contributed by atoms with Gasteiger partial charge in [0.25, 0.3) is 0 Å². The summed E-state index contributed by atoms with van der Waals surface area (Å²) in [5, 5.41) is -0.291. The summed E-state index contributed by atoms with van der Waals surface area (Å²) in [6.45, 7) is -0.297. The Kier molecular flexibility index (Phi) is 12.6. The van der Waals surface area contributed by atoms with Gasteiger partial charge in [0, 0.05) is 38.6 Å². The van der Waals surface area contributed by atoms with E-state index in [4.69, 9.17) is 72.3 Å². The molecule has 0 aromatic rings. The molecule has 0 radical (unpaired) electrons. The number of halogens is 7. The maximum Gasteiger partial charge on any atom is 0.469 e. The van der Waals surface area contributed by atoms with Crippen molar-refractivity contribution in [2.45, 2.75) is 28.5 Å². The lowest BCUT2D eigenvalue weighted by atomic mass is 9.73. The zero-order valence-corrected chi connectivity index (χ0v) is 19.8. The highest BCUT2D eigenvalue weighted by molar-refractivity contribution is 9.09. The molecule has 0 aliphatic carbocycles. The number of phosphoric ester groups is 1. The van der Waals surface area contributed by atoms with E-state index in [2.05, 4.69) is 31.9 Å². The number of phosphoric acid groups is 1. The normalized spacial score (nSPS) is 18.5. The van der Waals surface area contributed by atoms with E-state index >= 15 is 0 Å². The summed E-state index contributed by atoms with van der Waals surface area (Å²) < 4.78 is 15.8. The molecule has 12 heteroatoms. The molecule has 0 saturated heterocycles. The number of rotatable bonds is 12. The van der Waals surface area contributed by atoms with E-state index in [1.54, 1.807) is 0 Å². The molecule has 0 aliphatic heterocycles. The monoisotopic (exact) mass is 578 g/mol. The average Bonchev–Trinajstić information content (AvgIpc) is 2.47. The predicted octanol–water partition coefficient (Wildman–Crippen LogP) is 5.32. The van der Waals surface area contributed by atoms with Gasteiger partial charge in [-0.05, 0) is 12.8 Å². The number of hydrogen-bond donors (Lipinski definition) is 2. The molecule has 2 atom stereocenters. The van der Waals surface area contributed by atoms with Crippen LogP contribution in [0.2, 0.25) is 0 Å². The van der Waals surface area contributed by atoms with E-state index in [1.807, 2.05) is 0 Å². The summed E-state index contributed by atoms with van der Waals surface area (Å²) in [6, 6.07) is 0. The highest BCUT2D eigenvalue weighted by Crippen LogP contribution is 2.51. The van der Waals surface area contributed by atoms with Crippen LogP contribution in [0.1, 0.15) is 12.8 Å². The Labute approximate surface area is 178 Å². The zero-order valence-electron chi connectivity index (χ0n) is 11.9. The second-order valence-corrected chi connectivity index (χ2v) is 10.1. The van der Waals surface area contributed by atoms with E-state index in [-0.39, 0.29) is 31.2 Å². The fourth-order valence-corrected chi connectivity index (χ4v) is 6.54. The van der Waals surface area contributed by atoms with Crippen LogP contribution < -0.4 is 0 Å². The van der Waals surface area contributed by atoms with Gasteiger partial charge in [0.1, 0.15) is 0 Å². The fraction of sp³-hybridized carbons (Fsp3) is 1.00. The highest BCUT2D eigenvalue weighted by Gasteiger charge is 2.51. The molecule has 0 aliphatic rings. The van der Waals surface area contributed by atoms with Crippen LogP contribution >= 0.6 is 97.7 Å². The minimum absolute atomic E-state index is 0.170. The second-order valence-electron chi connectivity index (χ2n) is 5.19. The smallest absolute Gasteiger partial charge is 0.303 e. The first-order valence-electron chi connectivity index (χ1n) is 6.40. The van der Waals surface area contributed by atoms with Crippen molar-refractivity contribution < 1.29 is 18.9 Å². The predicted molar refractivity (Wildman–Crippen MR) is 107 cm³/mol. The molecule has 0 heterocycles. The van der Waals surface area contributed by atoms with Crippen molar-refractivity contribution in [3.63, 3.8) is 0 Å². The maximum atomic E-state index is 11.1. The largest absolute Gasteiger partial charge is 0.469 e. The van der Waals surface area contributed by atoms with Crippen molar-refractivity contribution >= 4 is 97.7 Å². The lowest BCUT2D eigenvalue weighted by Crippen LogP contribution is -2.52. The van der Waals surface area contributed by atoms with E-state index in [1.165, 1.54) is 0 Å². The van der Waals surface area contributed by atoms with Crippen molar-refractivity contribution in [2.75, 3.05) is 29.0 Å². The first-order chi connectivity index (χ1) is 10.5. The quantitative estimate of drug-likeness (QED) is 0.242. The SMILES string of the molecule is O=P(O)(O)OCC(CBr)(CBr)C(Cl)(CC(Cl)CCl)CC(Cl)CCl. The van der Waals surface area contributed by atoms with Gasteiger partial charge in [0.05, 0.1) is 11.5 Å².